The number of halogens is 1. The number of ether oxygens (including phenoxy) is 1. The van der Waals surface area contributed by atoms with Crippen molar-refractivity contribution in [2.24, 2.45) is 0 Å². The minimum absolute atomic E-state index is 0.00541. The molecule has 1 aromatic heterocycles. The Morgan fingerprint density at radius 1 is 1.28 bits per heavy atom. The summed E-state index contributed by atoms with van der Waals surface area (Å²) in [7, 11) is -2.25. The topological polar surface area (TPSA) is 97.4 Å². The van der Waals surface area contributed by atoms with Crippen LogP contribution in [-0.4, -0.2) is 39.6 Å². The minimum atomic E-state index is -3.73. The Morgan fingerprint density at radius 2 is 2.04 bits per heavy atom. The molecule has 2 aromatic rings. The number of benzene rings is 1. The van der Waals surface area contributed by atoms with Gasteiger partial charge in [-0.3, -0.25) is 4.79 Å². The van der Waals surface area contributed by atoms with Gasteiger partial charge in [0.05, 0.1) is 17.1 Å². The third kappa shape index (κ3) is 5.33. The van der Waals surface area contributed by atoms with E-state index in [1.165, 1.54) is 25.3 Å². The third-order valence-corrected chi connectivity index (χ3v) is 5.40. The number of methoxy groups -OCH3 is 1. The molecule has 1 aromatic carbocycles. The first-order valence-electron chi connectivity index (χ1n) is 7.35. The van der Waals surface area contributed by atoms with E-state index in [9.17, 15) is 13.2 Å². The summed E-state index contributed by atoms with van der Waals surface area (Å²) in [6.07, 6.45) is 1.58. The molecule has 0 fully saturated rings. The Labute approximate surface area is 155 Å². The predicted octanol–water partition coefficient (Wildman–Crippen LogP) is 2.33. The minimum Gasteiger partial charge on any atom is -0.383 e. The fourth-order valence-electron chi connectivity index (χ4n) is 2.00. The lowest BCUT2D eigenvalue weighted by Crippen LogP contribution is -2.27. The second-order valence-electron chi connectivity index (χ2n) is 5.20. The molecule has 0 aliphatic rings. The van der Waals surface area contributed by atoms with Crippen LogP contribution in [-0.2, 0) is 14.8 Å². The van der Waals surface area contributed by atoms with Crippen LogP contribution in [0.3, 0.4) is 0 Å². The smallest absolute Gasteiger partial charge is 0.258 e. The number of nitrogens with zero attached hydrogens (tertiary/aromatic N) is 1. The molecule has 1 heterocycles. The van der Waals surface area contributed by atoms with E-state index < -0.39 is 15.9 Å². The second-order valence-corrected chi connectivity index (χ2v) is 7.83. The van der Waals surface area contributed by atoms with Crippen LogP contribution >= 0.6 is 15.9 Å². The highest BCUT2D eigenvalue weighted by atomic mass is 79.9. The van der Waals surface area contributed by atoms with Crippen molar-refractivity contribution in [3.05, 3.63) is 52.1 Å². The first-order chi connectivity index (χ1) is 11.8. The largest absolute Gasteiger partial charge is 0.383 e. The molecule has 0 bridgehead atoms. The van der Waals surface area contributed by atoms with Crippen LogP contribution in [0.5, 0.6) is 0 Å². The highest BCUT2D eigenvalue weighted by molar-refractivity contribution is 9.10. The molecule has 7 nitrogen and oxygen atoms in total. The zero-order valence-electron chi connectivity index (χ0n) is 13.7. The van der Waals surface area contributed by atoms with E-state index in [1.54, 1.807) is 12.3 Å². The van der Waals surface area contributed by atoms with Crippen molar-refractivity contribution in [2.45, 2.75) is 11.8 Å². The SMILES string of the molecule is COCCNS(=O)(=O)c1ccc(Br)c(C(=O)Nc2cc(C)ccn2)c1. The van der Waals surface area contributed by atoms with Crippen LogP contribution in [0.1, 0.15) is 15.9 Å². The van der Waals surface area contributed by atoms with Gasteiger partial charge in [-0.05, 0) is 58.7 Å². The van der Waals surface area contributed by atoms with Crippen LogP contribution in [0.4, 0.5) is 5.82 Å². The number of anilines is 1. The predicted molar refractivity (Wildman–Crippen MR) is 98.1 cm³/mol. The van der Waals surface area contributed by atoms with E-state index in [0.29, 0.717) is 10.3 Å². The maximum Gasteiger partial charge on any atom is 0.258 e. The standard InChI is InChI=1S/C16H18BrN3O4S/c1-11-5-6-18-15(9-11)20-16(21)13-10-12(3-4-14(13)17)25(22,23)19-7-8-24-2/h3-6,9-10,19H,7-8H2,1-2H3,(H,18,20,21). The number of hydrogen-bond acceptors (Lipinski definition) is 5. The Balaban J connectivity index is 2.25. The molecule has 9 heteroatoms. The number of nitrogens with one attached hydrogen (secondary N) is 2. The van der Waals surface area contributed by atoms with Crippen LogP contribution in [0, 0.1) is 6.92 Å². The highest BCUT2D eigenvalue weighted by Crippen LogP contribution is 2.22. The Morgan fingerprint density at radius 3 is 2.72 bits per heavy atom. The van der Waals surface area contributed by atoms with Gasteiger partial charge in [0.15, 0.2) is 0 Å². The molecule has 1 amide bonds. The maximum atomic E-state index is 12.5. The van der Waals surface area contributed by atoms with Gasteiger partial charge in [0, 0.05) is 24.3 Å². The number of sulfonamides is 1. The molecule has 0 saturated carbocycles. The first-order valence-corrected chi connectivity index (χ1v) is 9.63. The second kappa shape index (κ2) is 8.52. The fourth-order valence-corrected chi connectivity index (χ4v) is 3.46. The number of rotatable bonds is 7. The summed E-state index contributed by atoms with van der Waals surface area (Å²) in [5.41, 5.74) is 1.14. The van der Waals surface area contributed by atoms with Crippen molar-refractivity contribution < 1.29 is 17.9 Å². The van der Waals surface area contributed by atoms with Crippen molar-refractivity contribution in [3.8, 4) is 0 Å². The third-order valence-electron chi connectivity index (χ3n) is 3.25. The molecule has 0 spiro atoms. The summed E-state index contributed by atoms with van der Waals surface area (Å²) in [6.45, 7) is 2.28. The zero-order chi connectivity index (χ0) is 18.4. The number of aromatic nitrogens is 1. The van der Waals surface area contributed by atoms with Crippen molar-refractivity contribution >= 4 is 37.7 Å². The summed E-state index contributed by atoms with van der Waals surface area (Å²) in [4.78, 5) is 16.5. The van der Waals surface area contributed by atoms with Crippen molar-refractivity contribution in [1.82, 2.24) is 9.71 Å². The summed E-state index contributed by atoms with van der Waals surface area (Å²) >= 11 is 3.27. The van der Waals surface area contributed by atoms with Crippen LogP contribution < -0.4 is 10.0 Å². The number of carbonyl (C=O) groups excluding carboxylic acids is 1. The van der Waals surface area contributed by atoms with Crippen LogP contribution in [0.25, 0.3) is 0 Å². The molecular weight excluding hydrogens is 410 g/mol. The van der Waals surface area contributed by atoms with Crippen LogP contribution in [0.2, 0.25) is 0 Å². The highest BCUT2D eigenvalue weighted by Gasteiger charge is 2.18. The van der Waals surface area contributed by atoms with E-state index in [1.807, 2.05) is 13.0 Å². The molecule has 2 rings (SSSR count). The normalized spacial score (nSPS) is 11.3. The monoisotopic (exact) mass is 427 g/mol. The molecule has 0 aliphatic heterocycles. The average Bonchev–Trinajstić information content (AvgIpc) is 2.55. The molecule has 2 N–H and O–H groups in total. The van der Waals surface area contributed by atoms with Crippen molar-refractivity contribution in [2.75, 3.05) is 25.6 Å². The van der Waals surface area contributed by atoms with Gasteiger partial charge >= 0.3 is 0 Å². The lowest BCUT2D eigenvalue weighted by atomic mass is 10.2. The molecule has 134 valence electrons. The maximum absolute atomic E-state index is 12.5. The van der Waals surface area contributed by atoms with E-state index >= 15 is 0 Å². The van der Waals surface area contributed by atoms with E-state index in [-0.39, 0.29) is 23.6 Å². The van der Waals surface area contributed by atoms with E-state index in [4.69, 9.17) is 4.74 Å². The van der Waals surface area contributed by atoms with E-state index in [0.717, 1.165) is 5.56 Å². The van der Waals surface area contributed by atoms with Crippen molar-refractivity contribution in [3.63, 3.8) is 0 Å². The average molecular weight is 428 g/mol. The number of pyridine rings is 1. The fraction of sp³-hybridized carbons (Fsp3) is 0.250. The Bertz CT molecular complexity index is 871. The molecule has 0 atom stereocenters. The molecule has 25 heavy (non-hydrogen) atoms. The van der Waals surface area contributed by atoms with Gasteiger partial charge in [0.25, 0.3) is 5.91 Å². The molecule has 0 radical (unpaired) electrons. The summed E-state index contributed by atoms with van der Waals surface area (Å²) < 4.78 is 32.3. The molecular formula is C16H18BrN3O4S. The lowest BCUT2D eigenvalue weighted by Gasteiger charge is -2.10. The summed E-state index contributed by atoms with van der Waals surface area (Å²) in [5.74, 6) is -0.0673. The van der Waals surface area contributed by atoms with Crippen LogP contribution in [0.15, 0.2) is 45.9 Å². The van der Waals surface area contributed by atoms with Gasteiger partial charge < -0.3 is 10.1 Å². The lowest BCUT2D eigenvalue weighted by molar-refractivity contribution is 0.102. The summed E-state index contributed by atoms with van der Waals surface area (Å²) in [5, 5.41) is 2.66. The molecule has 0 unspecified atom stereocenters. The number of hydrogen-bond donors (Lipinski definition) is 2. The van der Waals surface area contributed by atoms with Gasteiger partial charge in [-0.1, -0.05) is 0 Å². The Hall–Kier alpha value is -1.81. The zero-order valence-corrected chi connectivity index (χ0v) is 16.1. The van der Waals surface area contributed by atoms with Gasteiger partial charge in [0.1, 0.15) is 5.82 Å². The van der Waals surface area contributed by atoms with Gasteiger partial charge in [-0.15, -0.1) is 0 Å². The molecule has 0 saturated heterocycles. The number of carbonyl (C=O) groups is 1. The van der Waals surface area contributed by atoms with Gasteiger partial charge in [-0.25, -0.2) is 18.1 Å². The van der Waals surface area contributed by atoms with Crippen molar-refractivity contribution in [1.29, 1.82) is 0 Å². The Kier molecular flexibility index (Phi) is 6.65. The molecule has 0 aliphatic carbocycles. The summed E-state index contributed by atoms with van der Waals surface area (Å²) in [6, 6.07) is 7.78. The first kappa shape index (κ1) is 19.5. The number of aryl methyl sites for hydroxylation is 1. The van der Waals surface area contributed by atoms with E-state index in [2.05, 4.69) is 31.0 Å². The number of amides is 1. The quantitative estimate of drug-likeness (QED) is 0.660. The van der Waals surface area contributed by atoms with Gasteiger partial charge in [-0.2, -0.15) is 0 Å². The van der Waals surface area contributed by atoms with Gasteiger partial charge in [0.2, 0.25) is 10.0 Å².